The number of benzene rings is 2. The fourth-order valence-electron chi connectivity index (χ4n) is 2.37. The van der Waals surface area contributed by atoms with Crippen LogP contribution in [0, 0.1) is 6.92 Å². The van der Waals surface area contributed by atoms with Gasteiger partial charge in [0, 0.05) is 17.1 Å². The van der Waals surface area contributed by atoms with E-state index in [1.807, 2.05) is 43.4 Å². The summed E-state index contributed by atoms with van der Waals surface area (Å²) < 4.78 is 0. The second-order valence-corrected chi connectivity index (χ2v) is 6.01. The van der Waals surface area contributed by atoms with Gasteiger partial charge in [-0.3, -0.25) is 4.79 Å². The zero-order valence-corrected chi connectivity index (χ0v) is 13.8. The number of carbonyl (C=O) groups excluding carboxylic acids is 1. The van der Waals surface area contributed by atoms with Crippen LogP contribution < -0.4 is 10.2 Å². The fraction of sp³-hybridized carbons (Fsp3) is 0.278. The fourth-order valence-corrected chi connectivity index (χ4v) is 2.57. The van der Waals surface area contributed by atoms with Gasteiger partial charge in [-0.2, -0.15) is 0 Å². The summed E-state index contributed by atoms with van der Waals surface area (Å²) in [6.45, 7) is 3.85. The lowest BCUT2D eigenvalue weighted by atomic mass is 10.1. The van der Waals surface area contributed by atoms with E-state index in [9.17, 15) is 4.79 Å². The van der Waals surface area contributed by atoms with E-state index in [-0.39, 0.29) is 5.91 Å². The maximum Gasteiger partial charge on any atom is 0.275 e. The molecule has 0 aliphatic heterocycles. The Morgan fingerprint density at radius 2 is 1.73 bits per heavy atom. The molecular weight excluding hydrogens is 296 g/mol. The third-order valence-electron chi connectivity index (χ3n) is 3.65. The Morgan fingerprint density at radius 3 is 2.41 bits per heavy atom. The van der Waals surface area contributed by atoms with Crippen LogP contribution in [0.25, 0.3) is 0 Å². The largest absolute Gasteiger partial charge is 0.347 e. The van der Waals surface area contributed by atoms with Gasteiger partial charge in [-0.1, -0.05) is 54.1 Å². The summed E-state index contributed by atoms with van der Waals surface area (Å²) in [5, 5.41) is 3.61. The standard InChI is InChI=1S/C18H21ClN2O/c1-14-7-3-4-9-16(14)12-21(2)13-18(22)20-11-15-8-5-6-10-17(15)19/h3-10H,11-13H2,1-2H3,(H,20,22)/p+1. The number of likely N-dealkylation sites (N-methyl/N-ethyl adjacent to an activating group) is 1. The van der Waals surface area contributed by atoms with Crippen molar-refractivity contribution in [1.82, 2.24) is 5.32 Å². The third kappa shape index (κ3) is 4.86. The third-order valence-corrected chi connectivity index (χ3v) is 4.02. The summed E-state index contributed by atoms with van der Waals surface area (Å²) >= 11 is 6.08. The average Bonchev–Trinajstić information content (AvgIpc) is 2.49. The van der Waals surface area contributed by atoms with Crippen molar-refractivity contribution in [3.63, 3.8) is 0 Å². The Labute approximate surface area is 136 Å². The average molecular weight is 318 g/mol. The number of hydrogen-bond donors (Lipinski definition) is 2. The van der Waals surface area contributed by atoms with E-state index in [2.05, 4.69) is 24.4 Å². The molecular formula is C18H22ClN2O+. The van der Waals surface area contributed by atoms with Gasteiger partial charge in [0.25, 0.3) is 5.91 Å². The second-order valence-electron chi connectivity index (χ2n) is 5.61. The van der Waals surface area contributed by atoms with Gasteiger partial charge < -0.3 is 10.2 Å². The summed E-state index contributed by atoms with van der Waals surface area (Å²) in [7, 11) is 2.03. The molecule has 116 valence electrons. The number of amides is 1. The number of hydrogen-bond acceptors (Lipinski definition) is 1. The SMILES string of the molecule is Cc1ccccc1C[NH+](C)CC(=O)NCc1ccccc1Cl. The molecule has 0 heterocycles. The van der Waals surface area contributed by atoms with Gasteiger partial charge in [0.1, 0.15) is 6.54 Å². The Morgan fingerprint density at radius 1 is 1.09 bits per heavy atom. The van der Waals surface area contributed by atoms with Gasteiger partial charge in [-0.25, -0.2) is 0 Å². The first-order chi connectivity index (χ1) is 10.6. The van der Waals surface area contributed by atoms with Gasteiger partial charge in [0.05, 0.1) is 7.05 Å². The zero-order chi connectivity index (χ0) is 15.9. The smallest absolute Gasteiger partial charge is 0.275 e. The molecule has 0 spiro atoms. The Kier molecular flexibility index (Phi) is 5.99. The van der Waals surface area contributed by atoms with E-state index >= 15 is 0 Å². The first-order valence-electron chi connectivity index (χ1n) is 7.42. The highest BCUT2D eigenvalue weighted by Crippen LogP contribution is 2.14. The highest BCUT2D eigenvalue weighted by Gasteiger charge is 2.11. The molecule has 22 heavy (non-hydrogen) atoms. The maximum absolute atomic E-state index is 12.0. The Balaban J connectivity index is 1.82. The second kappa shape index (κ2) is 7.97. The number of nitrogens with one attached hydrogen (secondary N) is 2. The van der Waals surface area contributed by atoms with Gasteiger partial charge in [0.15, 0.2) is 6.54 Å². The maximum atomic E-state index is 12.0. The number of quaternary nitrogens is 1. The molecule has 1 atom stereocenters. The van der Waals surface area contributed by atoms with Crippen LogP contribution in [0.4, 0.5) is 0 Å². The molecule has 2 aromatic rings. The van der Waals surface area contributed by atoms with Crippen molar-refractivity contribution >= 4 is 17.5 Å². The lowest BCUT2D eigenvalue weighted by Crippen LogP contribution is -3.08. The summed E-state index contributed by atoms with van der Waals surface area (Å²) in [6.07, 6.45) is 0. The van der Waals surface area contributed by atoms with Crippen LogP contribution in [0.2, 0.25) is 5.02 Å². The molecule has 0 aliphatic rings. The zero-order valence-electron chi connectivity index (χ0n) is 13.0. The van der Waals surface area contributed by atoms with Gasteiger partial charge >= 0.3 is 0 Å². The monoisotopic (exact) mass is 317 g/mol. The van der Waals surface area contributed by atoms with E-state index in [4.69, 9.17) is 11.6 Å². The summed E-state index contributed by atoms with van der Waals surface area (Å²) in [5.74, 6) is 0.0333. The predicted molar refractivity (Wildman–Crippen MR) is 89.9 cm³/mol. The Hall–Kier alpha value is -1.84. The van der Waals surface area contributed by atoms with E-state index in [0.717, 1.165) is 17.0 Å². The molecule has 0 aliphatic carbocycles. The minimum absolute atomic E-state index is 0.0333. The normalized spacial score (nSPS) is 12.0. The minimum atomic E-state index is 0.0333. The van der Waals surface area contributed by atoms with Gasteiger partial charge in [-0.05, 0) is 24.1 Å². The molecule has 0 bridgehead atoms. The summed E-state index contributed by atoms with van der Waals surface area (Å²) in [5.41, 5.74) is 3.48. The lowest BCUT2D eigenvalue weighted by molar-refractivity contribution is -0.885. The molecule has 0 fully saturated rings. The van der Waals surface area contributed by atoms with Crippen LogP contribution in [0.1, 0.15) is 16.7 Å². The molecule has 4 heteroatoms. The van der Waals surface area contributed by atoms with Crippen LogP contribution in [-0.4, -0.2) is 19.5 Å². The van der Waals surface area contributed by atoms with E-state index in [1.54, 1.807) is 0 Å². The van der Waals surface area contributed by atoms with Crippen molar-refractivity contribution in [2.75, 3.05) is 13.6 Å². The van der Waals surface area contributed by atoms with Crippen LogP contribution >= 0.6 is 11.6 Å². The van der Waals surface area contributed by atoms with Crippen LogP contribution in [-0.2, 0) is 17.9 Å². The Bertz CT molecular complexity index is 642. The van der Waals surface area contributed by atoms with Crippen molar-refractivity contribution in [3.05, 3.63) is 70.2 Å². The predicted octanol–water partition coefficient (Wildman–Crippen LogP) is 1.98. The van der Waals surface area contributed by atoms with Crippen molar-refractivity contribution in [2.24, 2.45) is 0 Å². The number of carbonyl (C=O) groups is 1. The minimum Gasteiger partial charge on any atom is -0.347 e. The molecule has 0 saturated carbocycles. The molecule has 1 unspecified atom stereocenters. The molecule has 0 aromatic heterocycles. The van der Waals surface area contributed by atoms with Crippen molar-refractivity contribution in [3.8, 4) is 0 Å². The summed E-state index contributed by atoms with van der Waals surface area (Å²) in [4.78, 5) is 13.2. The molecule has 0 radical (unpaired) electrons. The van der Waals surface area contributed by atoms with Crippen molar-refractivity contribution < 1.29 is 9.69 Å². The molecule has 0 saturated heterocycles. The van der Waals surface area contributed by atoms with Crippen molar-refractivity contribution in [2.45, 2.75) is 20.0 Å². The van der Waals surface area contributed by atoms with Crippen LogP contribution in [0.15, 0.2) is 48.5 Å². The first-order valence-corrected chi connectivity index (χ1v) is 7.80. The van der Waals surface area contributed by atoms with E-state index < -0.39 is 0 Å². The molecule has 2 aromatic carbocycles. The molecule has 2 N–H and O–H groups in total. The van der Waals surface area contributed by atoms with E-state index in [0.29, 0.717) is 18.1 Å². The number of aryl methyl sites for hydroxylation is 1. The lowest BCUT2D eigenvalue weighted by Gasteiger charge is -2.15. The highest BCUT2D eigenvalue weighted by atomic mass is 35.5. The topological polar surface area (TPSA) is 33.5 Å². The summed E-state index contributed by atoms with van der Waals surface area (Å²) in [6, 6.07) is 15.8. The van der Waals surface area contributed by atoms with Gasteiger partial charge in [-0.15, -0.1) is 0 Å². The highest BCUT2D eigenvalue weighted by molar-refractivity contribution is 6.31. The molecule has 3 nitrogen and oxygen atoms in total. The molecule has 1 amide bonds. The number of halogens is 1. The van der Waals surface area contributed by atoms with Gasteiger partial charge in [0.2, 0.25) is 0 Å². The van der Waals surface area contributed by atoms with Crippen molar-refractivity contribution in [1.29, 1.82) is 0 Å². The van der Waals surface area contributed by atoms with Crippen LogP contribution in [0.3, 0.4) is 0 Å². The van der Waals surface area contributed by atoms with E-state index in [1.165, 1.54) is 11.1 Å². The van der Waals surface area contributed by atoms with Crippen LogP contribution in [0.5, 0.6) is 0 Å². The quantitative estimate of drug-likeness (QED) is 0.839. The number of rotatable bonds is 6. The first kappa shape index (κ1) is 16.5. The molecule has 2 rings (SSSR count).